The maximum absolute atomic E-state index is 5.98. The van der Waals surface area contributed by atoms with E-state index in [1.165, 1.54) is 4.88 Å². The number of aryl methyl sites for hydroxylation is 1. The minimum atomic E-state index is 0.134. The average molecular weight is 311 g/mol. The van der Waals surface area contributed by atoms with Crippen molar-refractivity contribution >= 4 is 34.6 Å². The van der Waals surface area contributed by atoms with Crippen molar-refractivity contribution in [2.75, 3.05) is 11.1 Å². The molecule has 0 spiro atoms. The number of thiophene rings is 1. The van der Waals surface area contributed by atoms with Gasteiger partial charge in [-0.05, 0) is 32.4 Å². The summed E-state index contributed by atoms with van der Waals surface area (Å²) in [6, 6.07) is 4.07. The first-order valence-corrected chi connectivity index (χ1v) is 7.85. The predicted octanol–water partition coefficient (Wildman–Crippen LogP) is 4.21. The summed E-state index contributed by atoms with van der Waals surface area (Å²) in [6.45, 7) is 6.11. The van der Waals surface area contributed by atoms with Gasteiger partial charge in [0, 0.05) is 16.9 Å². The van der Waals surface area contributed by atoms with Crippen molar-refractivity contribution in [1.29, 1.82) is 0 Å². The second-order valence-electron chi connectivity index (χ2n) is 4.76. The summed E-state index contributed by atoms with van der Waals surface area (Å²) in [5, 5.41) is 3.40. The van der Waals surface area contributed by atoms with E-state index < -0.39 is 0 Å². The standard InChI is InChI=1S/C14H19ClN4S/c1-4-5-12-18-13(16)8(2)14(19-12)17-9(3)10-6-7-11(15)20-10/h6-7,9H,4-5H2,1-3H3,(H3,16,17,18,19). The van der Waals surface area contributed by atoms with Crippen LogP contribution in [0.3, 0.4) is 0 Å². The summed E-state index contributed by atoms with van der Waals surface area (Å²) >= 11 is 7.54. The largest absolute Gasteiger partial charge is 0.383 e. The number of nitrogens with one attached hydrogen (secondary N) is 1. The van der Waals surface area contributed by atoms with Crippen LogP contribution in [0.1, 0.15) is 42.6 Å². The second-order valence-corrected chi connectivity index (χ2v) is 6.50. The minimum absolute atomic E-state index is 0.134. The SMILES string of the molecule is CCCc1nc(N)c(C)c(NC(C)c2ccc(Cl)s2)n1. The first-order chi connectivity index (χ1) is 9.51. The molecule has 0 fully saturated rings. The molecule has 0 aliphatic heterocycles. The summed E-state index contributed by atoms with van der Waals surface area (Å²) < 4.78 is 0.791. The summed E-state index contributed by atoms with van der Waals surface area (Å²) in [5.74, 6) is 2.13. The molecule has 2 rings (SSSR count). The van der Waals surface area contributed by atoms with E-state index in [2.05, 4.69) is 29.1 Å². The lowest BCUT2D eigenvalue weighted by Gasteiger charge is -2.16. The summed E-state index contributed by atoms with van der Waals surface area (Å²) in [5.41, 5.74) is 6.85. The Morgan fingerprint density at radius 3 is 2.75 bits per heavy atom. The molecule has 4 nitrogen and oxygen atoms in total. The van der Waals surface area contributed by atoms with Crippen LogP contribution in [0, 0.1) is 6.92 Å². The van der Waals surface area contributed by atoms with Gasteiger partial charge in [0.05, 0.1) is 10.4 Å². The average Bonchev–Trinajstić information content (AvgIpc) is 2.82. The van der Waals surface area contributed by atoms with E-state index >= 15 is 0 Å². The Labute approximate surface area is 128 Å². The zero-order valence-electron chi connectivity index (χ0n) is 11.9. The van der Waals surface area contributed by atoms with Crippen molar-refractivity contribution in [3.05, 3.63) is 32.7 Å². The highest BCUT2D eigenvalue weighted by Crippen LogP contribution is 2.30. The third kappa shape index (κ3) is 3.41. The molecule has 0 bridgehead atoms. The van der Waals surface area contributed by atoms with Crippen LogP contribution >= 0.6 is 22.9 Å². The fourth-order valence-electron chi connectivity index (χ4n) is 1.90. The first-order valence-electron chi connectivity index (χ1n) is 6.66. The quantitative estimate of drug-likeness (QED) is 0.868. The molecule has 20 heavy (non-hydrogen) atoms. The minimum Gasteiger partial charge on any atom is -0.383 e. The van der Waals surface area contributed by atoms with Crippen LogP contribution in [0.4, 0.5) is 11.6 Å². The molecule has 1 atom stereocenters. The molecule has 1 unspecified atom stereocenters. The normalized spacial score (nSPS) is 12.4. The molecule has 2 heterocycles. The Morgan fingerprint density at radius 2 is 2.15 bits per heavy atom. The van der Waals surface area contributed by atoms with E-state index in [9.17, 15) is 0 Å². The molecule has 0 saturated heterocycles. The van der Waals surface area contributed by atoms with Crippen molar-refractivity contribution in [1.82, 2.24) is 9.97 Å². The van der Waals surface area contributed by atoms with Crippen molar-refractivity contribution in [3.63, 3.8) is 0 Å². The number of hydrogen-bond acceptors (Lipinski definition) is 5. The van der Waals surface area contributed by atoms with Gasteiger partial charge in [0.1, 0.15) is 17.5 Å². The molecule has 0 aliphatic carbocycles. The number of halogens is 1. The third-order valence-electron chi connectivity index (χ3n) is 3.08. The van der Waals surface area contributed by atoms with Gasteiger partial charge in [-0.25, -0.2) is 9.97 Å². The highest BCUT2D eigenvalue weighted by molar-refractivity contribution is 7.16. The van der Waals surface area contributed by atoms with Crippen LogP contribution in [-0.4, -0.2) is 9.97 Å². The van der Waals surface area contributed by atoms with E-state index in [1.54, 1.807) is 11.3 Å². The fraction of sp³-hybridized carbons (Fsp3) is 0.429. The van der Waals surface area contributed by atoms with E-state index in [1.807, 2.05) is 19.1 Å². The Kier molecular flexibility index (Phi) is 4.83. The van der Waals surface area contributed by atoms with Crippen molar-refractivity contribution in [2.24, 2.45) is 0 Å². The Morgan fingerprint density at radius 1 is 1.40 bits per heavy atom. The van der Waals surface area contributed by atoms with E-state index in [-0.39, 0.29) is 6.04 Å². The maximum atomic E-state index is 5.98. The Balaban J connectivity index is 2.23. The van der Waals surface area contributed by atoms with E-state index in [0.29, 0.717) is 5.82 Å². The highest BCUT2D eigenvalue weighted by Gasteiger charge is 2.13. The number of rotatable bonds is 5. The van der Waals surface area contributed by atoms with Crippen LogP contribution < -0.4 is 11.1 Å². The number of hydrogen-bond donors (Lipinski definition) is 2. The molecular formula is C14H19ClN4S. The molecule has 3 N–H and O–H groups in total. The van der Waals surface area contributed by atoms with Crippen molar-refractivity contribution in [3.8, 4) is 0 Å². The Bertz CT molecular complexity index is 597. The van der Waals surface area contributed by atoms with Crippen LogP contribution in [-0.2, 0) is 6.42 Å². The topological polar surface area (TPSA) is 63.8 Å². The number of nitrogen functional groups attached to an aromatic ring is 1. The lowest BCUT2D eigenvalue weighted by atomic mass is 10.2. The second kappa shape index (κ2) is 6.41. The molecule has 0 aromatic carbocycles. The lowest BCUT2D eigenvalue weighted by Crippen LogP contribution is -2.12. The van der Waals surface area contributed by atoms with Gasteiger partial charge in [0.2, 0.25) is 0 Å². The van der Waals surface area contributed by atoms with Gasteiger partial charge in [0.15, 0.2) is 0 Å². The molecule has 0 saturated carbocycles. The van der Waals surface area contributed by atoms with Crippen LogP contribution in [0.15, 0.2) is 12.1 Å². The maximum Gasteiger partial charge on any atom is 0.135 e. The first kappa shape index (κ1) is 15.1. The van der Waals surface area contributed by atoms with E-state index in [4.69, 9.17) is 17.3 Å². The molecule has 108 valence electrons. The van der Waals surface area contributed by atoms with Crippen LogP contribution in [0.5, 0.6) is 0 Å². The van der Waals surface area contributed by atoms with Gasteiger partial charge >= 0.3 is 0 Å². The predicted molar refractivity (Wildman–Crippen MR) is 86.5 cm³/mol. The summed E-state index contributed by atoms with van der Waals surface area (Å²) in [4.78, 5) is 10.1. The molecule has 2 aromatic rings. The zero-order valence-corrected chi connectivity index (χ0v) is 13.5. The number of nitrogens with two attached hydrogens (primary N) is 1. The smallest absolute Gasteiger partial charge is 0.135 e. The van der Waals surface area contributed by atoms with Gasteiger partial charge in [-0.3, -0.25) is 0 Å². The number of anilines is 2. The van der Waals surface area contributed by atoms with E-state index in [0.717, 1.165) is 34.4 Å². The zero-order chi connectivity index (χ0) is 14.7. The van der Waals surface area contributed by atoms with Crippen LogP contribution in [0.2, 0.25) is 4.34 Å². The van der Waals surface area contributed by atoms with Gasteiger partial charge in [0.25, 0.3) is 0 Å². The molecule has 6 heteroatoms. The third-order valence-corrected chi connectivity index (χ3v) is 4.49. The number of aromatic nitrogens is 2. The molecule has 0 radical (unpaired) electrons. The number of nitrogens with zero attached hydrogens (tertiary/aromatic N) is 2. The van der Waals surface area contributed by atoms with Crippen LogP contribution in [0.25, 0.3) is 0 Å². The monoisotopic (exact) mass is 310 g/mol. The van der Waals surface area contributed by atoms with Gasteiger partial charge < -0.3 is 11.1 Å². The fourth-order valence-corrected chi connectivity index (χ4v) is 2.96. The Hall–Kier alpha value is -1.33. The summed E-state index contributed by atoms with van der Waals surface area (Å²) in [6.07, 6.45) is 1.83. The summed E-state index contributed by atoms with van der Waals surface area (Å²) in [7, 11) is 0. The van der Waals surface area contributed by atoms with Gasteiger partial charge in [-0.15, -0.1) is 11.3 Å². The molecule has 0 aliphatic rings. The van der Waals surface area contributed by atoms with Crippen molar-refractivity contribution in [2.45, 2.75) is 39.7 Å². The van der Waals surface area contributed by atoms with Gasteiger partial charge in [-0.2, -0.15) is 0 Å². The molecule has 0 amide bonds. The van der Waals surface area contributed by atoms with Crippen molar-refractivity contribution < 1.29 is 0 Å². The van der Waals surface area contributed by atoms with Gasteiger partial charge in [-0.1, -0.05) is 18.5 Å². The molecule has 2 aromatic heterocycles. The lowest BCUT2D eigenvalue weighted by molar-refractivity contribution is 0.821. The molecular weight excluding hydrogens is 292 g/mol. The highest BCUT2D eigenvalue weighted by atomic mass is 35.5.